The fourth-order valence-corrected chi connectivity index (χ4v) is 1.88. The molecule has 0 aliphatic rings. The van der Waals surface area contributed by atoms with Crippen LogP contribution in [0.15, 0.2) is 24.3 Å². The van der Waals surface area contributed by atoms with E-state index in [1.165, 1.54) is 0 Å². The first kappa shape index (κ1) is 12.5. The fraction of sp³-hybridized carbons (Fsp3) is 0.357. The maximum atomic E-state index is 5.90. The number of nitrogens with zero attached hydrogens (tertiary/aromatic N) is 2. The Kier molecular flexibility index (Phi) is 3.55. The largest absolute Gasteiger partial charge is 0.491 e. The lowest BCUT2D eigenvalue weighted by Gasteiger charge is -2.11. The molecule has 0 aliphatic carbocycles. The van der Waals surface area contributed by atoms with Crippen LogP contribution in [0.2, 0.25) is 0 Å². The number of nitrogen functional groups attached to an aromatic ring is 1. The van der Waals surface area contributed by atoms with Gasteiger partial charge < -0.3 is 10.5 Å². The summed E-state index contributed by atoms with van der Waals surface area (Å²) in [5, 5.41) is 4.45. The summed E-state index contributed by atoms with van der Waals surface area (Å²) in [5.41, 5.74) is 9.63. The highest BCUT2D eigenvalue weighted by atomic mass is 16.5. The van der Waals surface area contributed by atoms with Crippen LogP contribution in [0.1, 0.15) is 24.7 Å². The molecule has 0 amide bonds. The molecule has 0 unspecified atom stereocenters. The van der Waals surface area contributed by atoms with Gasteiger partial charge in [0.2, 0.25) is 0 Å². The number of anilines is 1. The average Bonchev–Trinajstić information content (AvgIpc) is 2.67. The van der Waals surface area contributed by atoms with Gasteiger partial charge in [0.1, 0.15) is 5.75 Å². The third-order valence-electron chi connectivity index (χ3n) is 2.71. The van der Waals surface area contributed by atoms with Crippen molar-refractivity contribution in [2.45, 2.75) is 27.2 Å². The highest BCUT2D eigenvalue weighted by Gasteiger charge is 2.07. The van der Waals surface area contributed by atoms with Crippen LogP contribution >= 0.6 is 0 Å². The van der Waals surface area contributed by atoms with Gasteiger partial charge in [-0.1, -0.05) is 6.92 Å². The van der Waals surface area contributed by atoms with Gasteiger partial charge in [-0.15, -0.1) is 0 Å². The molecule has 1 aromatic carbocycles. The van der Waals surface area contributed by atoms with Gasteiger partial charge in [0.15, 0.2) is 0 Å². The second-order valence-corrected chi connectivity index (χ2v) is 4.41. The predicted molar refractivity (Wildman–Crippen MR) is 73.2 cm³/mol. The Morgan fingerprint density at radius 3 is 2.67 bits per heavy atom. The molecule has 18 heavy (non-hydrogen) atoms. The van der Waals surface area contributed by atoms with Crippen LogP contribution in [-0.2, 0) is 0 Å². The van der Waals surface area contributed by atoms with E-state index in [-0.39, 0.29) is 0 Å². The molecule has 1 heterocycles. The van der Waals surface area contributed by atoms with Crippen molar-refractivity contribution in [2.24, 2.45) is 0 Å². The molecular formula is C14H19N3O. The Labute approximate surface area is 107 Å². The summed E-state index contributed by atoms with van der Waals surface area (Å²) >= 11 is 0. The molecule has 4 nitrogen and oxygen atoms in total. The summed E-state index contributed by atoms with van der Waals surface area (Å²) in [6, 6.07) is 7.79. The fourth-order valence-electron chi connectivity index (χ4n) is 1.88. The number of hydrogen-bond donors (Lipinski definition) is 1. The topological polar surface area (TPSA) is 53.1 Å². The minimum Gasteiger partial charge on any atom is -0.491 e. The molecule has 0 fully saturated rings. The molecule has 2 aromatic rings. The molecule has 0 saturated heterocycles. The third-order valence-corrected chi connectivity index (χ3v) is 2.71. The van der Waals surface area contributed by atoms with Crippen LogP contribution in [0.5, 0.6) is 5.75 Å². The summed E-state index contributed by atoms with van der Waals surface area (Å²) in [7, 11) is 0. The lowest BCUT2D eigenvalue weighted by molar-refractivity contribution is 0.319. The van der Waals surface area contributed by atoms with E-state index in [1.807, 2.05) is 42.8 Å². The summed E-state index contributed by atoms with van der Waals surface area (Å²) in [6.45, 7) is 6.75. The van der Waals surface area contributed by atoms with E-state index in [4.69, 9.17) is 10.5 Å². The molecule has 0 radical (unpaired) electrons. The van der Waals surface area contributed by atoms with E-state index in [9.17, 15) is 0 Å². The number of nitrogens with two attached hydrogens (primary N) is 1. The standard InChI is InChI=1S/C14H19N3O/c1-4-7-18-14-9-12(5-6-13(14)15)17-11(3)8-10(2)16-17/h5-6,8-9H,4,7,15H2,1-3H3. The van der Waals surface area contributed by atoms with Gasteiger partial charge in [-0.25, -0.2) is 4.68 Å². The maximum absolute atomic E-state index is 5.90. The lowest BCUT2D eigenvalue weighted by Crippen LogP contribution is -2.03. The van der Waals surface area contributed by atoms with E-state index in [0.29, 0.717) is 12.3 Å². The van der Waals surface area contributed by atoms with Gasteiger partial charge in [0, 0.05) is 11.8 Å². The highest BCUT2D eigenvalue weighted by molar-refractivity contribution is 5.57. The number of rotatable bonds is 4. The number of benzene rings is 1. The molecule has 0 saturated carbocycles. The van der Waals surface area contributed by atoms with Crippen molar-refractivity contribution >= 4 is 5.69 Å². The van der Waals surface area contributed by atoms with Gasteiger partial charge in [-0.2, -0.15) is 5.10 Å². The highest BCUT2D eigenvalue weighted by Crippen LogP contribution is 2.25. The minimum atomic E-state index is 0.661. The van der Waals surface area contributed by atoms with Crippen LogP contribution in [0.3, 0.4) is 0 Å². The molecule has 4 heteroatoms. The normalized spacial score (nSPS) is 10.6. The Balaban J connectivity index is 2.37. The van der Waals surface area contributed by atoms with Crippen molar-refractivity contribution < 1.29 is 4.74 Å². The second-order valence-electron chi connectivity index (χ2n) is 4.41. The zero-order valence-corrected chi connectivity index (χ0v) is 11.1. The molecule has 2 rings (SSSR count). The third kappa shape index (κ3) is 2.47. The van der Waals surface area contributed by atoms with Gasteiger partial charge >= 0.3 is 0 Å². The molecule has 0 aliphatic heterocycles. The van der Waals surface area contributed by atoms with Crippen molar-refractivity contribution in [3.63, 3.8) is 0 Å². The quantitative estimate of drug-likeness (QED) is 0.843. The molecule has 1 aromatic heterocycles. The van der Waals surface area contributed by atoms with Crippen LogP contribution in [0.4, 0.5) is 5.69 Å². The second kappa shape index (κ2) is 5.12. The zero-order chi connectivity index (χ0) is 13.1. The summed E-state index contributed by atoms with van der Waals surface area (Å²) in [5.74, 6) is 0.724. The van der Waals surface area contributed by atoms with Crippen LogP contribution in [-0.4, -0.2) is 16.4 Å². The SMILES string of the molecule is CCCOc1cc(-n2nc(C)cc2C)ccc1N. The molecule has 0 atom stereocenters. The zero-order valence-electron chi connectivity index (χ0n) is 11.1. The molecule has 0 spiro atoms. The number of aromatic nitrogens is 2. The summed E-state index contributed by atoms with van der Waals surface area (Å²) < 4.78 is 7.53. The van der Waals surface area contributed by atoms with Gasteiger partial charge in [-0.3, -0.25) is 0 Å². The van der Waals surface area contributed by atoms with E-state index in [1.54, 1.807) is 0 Å². The summed E-state index contributed by atoms with van der Waals surface area (Å²) in [6.07, 6.45) is 0.962. The lowest BCUT2D eigenvalue weighted by atomic mass is 10.2. The van der Waals surface area contributed by atoms with E-state index in [2.05, 4.69) is 12.0 Å². The van der Waals surface area contributed by atoms with E-state index < -0.39 is 0 Å². The van der Waals surface area contributed by atoms with E-state index >= 15 is 0 Å². The number of hydrogen-bond acceptors (Lipinski definition) is 3. The molecular weight excluding hydrogens is 226 g/mol. The van der Waals surface area contributed by atoms with Gasteiger partial charge in [0.25, 0.3) is 0 Å². The Hall–Kier alpha value is -1.97. The first-order valence-corrected chi connectivity index (χ1v) is 6.17. The summed E-state index contributed by atoms with van der Waals surface area (Å²) in [4.78, 5) is 0. The van der Waals surface area contributed by atoms with Gasteiger partial charge in [-0.05, 0) is 38.5 Å². The number of ether oxygens (including phenoxy) is 1. The van der Waals surface area contributed by atoms with E-state index in [0.717, 1.165) is 29.2 Å². The van der Waals surface area contributed by atoms with Crippen molar-refractivity contribution in [3.8, 4) is 11.4 Å². The first-order valence-electron chi connectivity index (χ1n) is 6.17. The van der Waals surface area contributed by atoms with Crippen molar-refractivity contribution in [3.05, 3.63) is 35.7 Å². The van der Waals surface area contributed by atoms with Crippen LogP contribution < -0.4 is 10.5 Å². The Bertz CT molecular complexity index is 546. The first-order chi connectivity index (χ1) is 8.61. The van der Waals surface area contributed by atoms with Crippen LogP contribution in [0.25, 0.3) is 5.69 Å². The minimum absolute atomic E-state index is 0.661. The smallest absolute Gasteiger partial charge is 0.144 e. The van der Waals surface area contributed by atoms with Crippen LogP contribution in [0, 0.1) is 13.8 Å². The predicted octanol–water partition coefficient (Wildman–Crippen LogP) is 2.86. The van der Waals surface area contributed by atoms with Crippen molar-refractivity contribution in [1.82, 2.24) is 9.78 Å². The monoisotopic (exact) mass is 245 g/mol. The average molecular weight is 245 g/mol. The molecule has 0 bridgehead atoms. The number of aryl methyl sites for hydroxylation is 2. The maximum Gasteiger partial charge on any atom is 0.144 e. The molecule has 2 N–H and O–H groups in total. The van der Waals surface area contributed by atoms with Gasteiger partial charge in [0.05, 0.1) is 23.7 Å². The van der Waals surface area contributed by atoms with Crippen molar-refractivity contribution in [2.75, 3.05) is 12.3 Å². The Morgan fingerprint density at radius 2 is 2.06 bits per heavy atom. The molecule has 96 valence electrons. The van der Waals surface area contributed by atoms with Crippen molar-refractivity contribution in [1.29, 1.82) is 0 Å². The Morgan fingerprint density at radius 1 is 1.28 bits per heavy atom.